The molecule has 0 atom stereocenters. The molecule has 0 amide bonds. The lowest BCUT2D eigenvalue weighted by Crippen LogP contribution is -2.40. The topological polar surface area (TPSA) is 12.0 Å². The summed E-state index contributed by atoms with van der Waals surface area (Å²) in [6.45, 7) is 9.84. The summed E-state index contributed by atoms with van der Waals surface area (Å²) in [4.78, 5) is 0. The lowest BCUT2D eigenvalue weighted by atomic mass is 9.75. The Labute approximate surface area is 111 Å². The van der Waals surface area contributed by atoms with Gasteiger partial charge in [-0.2, -0.15) is 0 Å². The highest BCUT2D eigenvalue weighted by atomic mass is 35.5. The second-order valence-electron chi connectivity index (χ2n) is 5.00. The van der Waals surface area contributed by atoms with E-state index in [1.807, 2.05) is 12.1 Å². The molecule has 2 heteroatoms. The van der Waals surface area contributed by atoms with Gasteiger partial charge in [-0.25, -0.2) is 0 Å². The van der Waals surface area contributed by atoms with E-state index in [-0.39, 0.29) is 5.41 Å². The molecule has 1 N–H and O–H groups in total. The minimum absolute atomic E-state index is 0.155. The van der Waals surface area contributed by atoms with Gasteiger partial charge in [-0.1, -0.05) is 57.5 Å². The molecule has 0 saturated heterocycles. The molecule has 0 unspecified atom stereocenters. The van der Waals surface area contributed by atoms with Gasteiger partial charge in [0.25, 0.3) is 0 Å². The van der Waals surface area contributed by atoms with Crippen LogP contribution < -0.4 is 5.32 Å². The van der Waals surface area contributed by atoms with E-state index in [0.717, 1.165) is 24.4 Å². The van der Waals surface area contributed by atoms with Gasteiger partial charge >= 0.3 is 0 Å². The van der Waals surface area contributed by atoms with E-state index < -0.39 is 0 Å². The van der Waals surface area contributed by atoms with Crippen molar-refractivity contribution in [3.8, 4) is 0 Å². The maximum absolute atomic E-state index is 6.35. The van der Waals surface area contributed by atoms with Gasteiger partial charge < -0.3 is 5.32 Å². The van der Waals surface area contributed by atoms with E-state index in [9.17, 15) is 0 Å². The zero-order chi connectivity index (χ0) is 12.9. The van der Waals surface area contributed by atoms with E-state index in [1.165, 1.54) is 5.56 Å². The van der Waals surface area contributed by atoms with Crippen molar-refractivity contribution in [2.75, 3.05) is 6.54 Å². The van der Waals surface area contributed by atoms with Crippen LogP contribution in [0.3, 0.4) is 0 Å². The SMILES string of the molecule is CCC(CC)(CNC(C)C)c1ccccc1Cl. The predicted octanol–water partition coefficient (Wildman–Crippen LogP) is 4.40. The zero-order valence-corrected chi connectivity index (χ0v) is 12.1. The van der Waals surface area contributed by atoms with E-state index >= 15 is 0 Å². The fourth-order valence-corrected chi connectivity index (χ4v) is 2.60. The van der Waals surface area contributed by atoms with E-state index in [1.54, 1.807) is 0 Å². The fourth-order valence-electron chi connectivity index (χ4n) is 2.27. The number of hydrogen-bond donors (Lipinski definition) is 1. The summed E-state index contributed by atoms with van der Waals surface area (Å²) in [6.07, 6.45) is 2.21. The van der Waals surface area contributed by atoms with Crippen LogP contribution >= 0.6 is 11.6 Å². The van der Waals surface area contributed by atoms with Crippen LogP contribution in [0.4, 0.5) is 0 Å². The van der Waals surface area contributed by atoms with Gasteiger partial charge in [0.2, 0.25) is 0 Å². The molecule has 0 radical (unpaired) electrons. The van der Waals surface area contributed by atoms with Gasteiger partial charge in [-0.15, -0.1) is 0 Å². The van der Waals surface area contributed by atoms with Gasteiger partial charge in [-0.3, -0.25) is 0 Å². The summed E-state index contributed by atoms with van der Waals surface area (Å²) in [6, 6.07) is 8.74. The highest BCUT2D eigenvalue weighted by Crippen LogP contribution is 2.35. The minimum Gasteiger partial charge on any atom is -0.314 e. The molecule has 0 heterocycles. The zero-order valence-electron chi connectivity index (χ0n) is 11.4. The minimum atomic E-state index is 0.155. The molecule has 0 aromatic heterocycles. The van der Waals surface area contributed by atoms with Crippen molar-refractivity contribution in [1.29, 1.82) is 0 Å². The Morgan fingerprint density at radius 2 is 1.76 bits per heavy atom. The Hall–Kier alpha value is -0.530. The Morgan fingerprint density at radius 1 is 1.18 bits per heavy atom. The van der Waals surface area contributed by atoms with Gasteiger partial charge in [0.1, 0.15) is 0 Å². The van der Waals surface area contributed by atoms with Crippen LogP contribution in [0.1, 0.15) is 46.1 Å². The molecule has 0 saturated carbocycles. The van der Waals surface area contributed by atoms with E-state index in [2.05, 4.69) is 45.1 Å². The largest absolute Gasteiger partial charge is 0.314 e. The smallest absolute Gasteiger partial charge is 0.0444 e. The van der Waals surface area contributed by atoms with Gasteiger partial charge in [0.05, 0.1) is 0 Å². The van der Waals surface area contributed by atoms with Crippen LogP contribution in [0.5, 0.6) is 0 Å². The molecular weight excluding hydrogens is 230 g/mol. The first-order valence-electron chi connectivity index (χ1n) is 6.54. The van der Waals surface area contributed by atoms with Crippen LogP contribution in [-0.2, 0) is 5.41 Å². The molecule has 0 bridgehead atoms. The second-order valence-corrected chi connectivity index (χ2v) is 5.41. The molecule has 0 fully saturated rings. The van der Waals surface area contributed by atoms with Gasteiger partial charge in [0.15, 0.2) is 0 Å². The Bertz CT molecular complexity index is 343. The summed E-state index contributed by atoms with van der Waals surface area (Å²) in [5.74, 6) is 0. The third-order valence-corrected chi connectivity index (χ3v) is 3.98. The normalized spacial score (nSPS) is 12.1. The maximum atomic E-state index is 6.35. The number of halogens is 1. The highest BCUT2D eigenvalue weighted by Gasteiger charge is 2.30. The molecule has 0 aliphatic rings. The van der Waals surface area contributed by atoms with E-state index in [0.29, 0.717) is 6.04 Å². The van der Waals surface area contributed by atoms with Crippen molar-refractivity contribution >= 4 is 11.6 Å². The molecule has 96 valence electrons. The molecule has 0 aliphatic carbocycles. The summed E-state index contributed by atoms with van der Waals surface area (Å²) in [7, 11) is 0. The average Bonchev–Trinajstić information content (AvgIpc) is 2.32. The first-order chi connectivity index (χ1) is 8.05. The third kappa shape index (κ3) is 3.46. The van der Waals surface area contributed by atoms with Crippen LogP contribution in [-0.4, -0.2) is 12.6 Å². The molecule has 1 aromatic rings. The molecule has 1 aromatic carbocycles. The summed E-state index contributed by atoms with van der Waals surface area (Å²) >= 11 is 6.35. The summed E-state index contributed by atoms with van der Waals surface area (Å²) in [5.41, 5.74) is 1.43. The first-order valence-corrected chi connectivity index (χ1v) is 6.92. The number of rotatable bonds is 6. The highest BCUT2D eigenvalue weighted by molar-refractivity contribution is 6.31. The van der Waals surface area contributed by atoms with Crippen molar-refractivity contribution < 1.29 is 0 Å². The van der Waals surface area contributed by atoms with Crippen molar-refractivity contribution in [1.82, 2.24) is 5.32 Å². The standard InChI is InChI=1S/C15H24ClN/c1-5-15(6-2,11-17-12(3)4)13-9-7-8-10-14(13)16/h7-10,12,17H,5-6,11H2,1-4H3. The Morgan fingerprint density at radius 3 is 2.24 bits per heavy atom. The molecule has 1 nitrogen and oxygen atoms in total. The number of hydrogen-bond acceptors (Lipinski definition) is 1. The maximum Gasteiger partial charge on any atom is 0.0444 e. The van der Waals surface area contributed by atoms with Crippen LogP contribution in [0.15, 0.2) is 24.3 Å². The quantitative estimate of drug-likeness (QED) is 0.793. The van der Waals surface area contributed by atoms with Crippen molar-refractivity contribution in [3.63, 3.8) is 0 Å². The van der Waals surface area contributed by atoms with Crippen molar-refractivity contribution in [2.24, 2.45) is 0 Å². The monoisotopic (exact) mass is 253 g/mol. The molecule has 0 spiro atoms. The molecule has 1 rings (SSSR count). The molecule has 0 aliphatic heterocycles. The first kappa shape index (κ1) is 14.5. The van der Waals surface area contributed by atoms with Crippen molar-refractivity contribution in [2.45, 2.75) is 52.0 Å². The summed E-state index contributed by atoms with van der Waals surface area (Å²) < 4.78 is 0. The Kier molecular flexibility index (Phi) is 5.48. The molecular formula is C15H24ClN. The third-order valence-electron chi connectivity index (χ3n) is 3.65. The van der Waals surface area contributed by atoms with Crippen LogP contribution in [0.25, 0.3) is 0 Å². The summed E-state index contributed by atoms with van der Waals surface area (Å²) in [5, 5.41) is 4.45. The fraction of sp³-hybridized carbons (Fsp3) is 0.600. The van der Waals surface area contributed by atoms with Crippen LogP contribution in [0.2, 0.25) is 5.02 Å². The predicted molar refractivity (Wildman–Crippen MR) is 76.9 cm³/mol. The lowest BCUT2D eigenvalue weighted by molar-refractivity contribution is 0.355. The van der Waals surface area contributed by atoms with Gasteiger partial charge in [-0.05, 0) is 24.5 Å². The van der Waals surface area contributed by atoms with Crippen molar-refractivity contribution in [3.05, 3.63) is 34.9 Å². The Balaban J connectivity index is 3.02. The van der Waals surface area contributed by atoms with Crippen LogP contribution in [0, 0.1) is 0 Å². The molecule has 17 heavy (non-hydrogen) atoms. The number of nitrogens with one attached hydrogen (secondary N) is 1. The average molecular weight is 254 g/mol. The lowest BCUT2D eigenvalue weighted by Gasteiger charge is -2.34. The second kappa shape index (κ2) is 6.42. The number of benzene rings is 1. The van der Waals surface area contributed by atoms with E-state index in [4.69, 9.17) is 11.6 Å². The van der Waals surface area contributed by atoms with Gasteiger partial charge in [0, 0.05) is 23.0 Å².